The predicted molar refractivity (Wildman–Crippen MR) is 102 cm³/mol. The molecule has 1 rings (SSSR count). The van der Waals surface area contributed by atoms with Crippen molar-refractivity contribution in [1.82, 2.24) is 15.6 Å². The van der Waals surface area contributed by atoms with E-state index in [9.17, 15) is 0 Å². The van der Waals surface area contributed by atoms with Crippen molar-refractivity contribution in [3.63, 3.8) is 0 Å². The third-order valence-electron chi connectivity index (χ3n) is 2.44. The topological polar surface area (TPSA) is 58.5 Å². The molecule has 1 aromatic heterocycles. The van der Waals surface area contributed by atoms with Crippen LogP contribution < -0.4 is 15.4 Å². The number of thioether (sulfide) groups is 1. The summed E-state index contributed by atoms with van der Waals surface area (Å²) < 4.78 is 5.51. The van der Waals surface area contributed by atoms with Gasteiger partial charge in [-0.15, -0.1) is 24.0 Å². The second-order valence-corrected chi connectivity index (χ2v) is 5.50. The Kier molecular flexibility index (Phi) is 11.5. The van der Waals surface area contributed by atoms with Crippen LogP contribution in [0.1, 0.15) is 19.4 Å². The largest absolute Gasteiger partial charge is 0.475 e. The first-order valence-corrected chi connectivity index (χ1v) is 8.10. The summed E-state index contributed by atoms with van der Waals surface area (Å²) in [7, 11) is 1.77. The van der Waals surface area contributed by atoms with Gasteiger partial charge in [-0.25, -0.2) is 4.98 Å². The Labute approximate surface area is 148 Å². The van der Waals surface area contributed by atoms with Gasteiger partial charge in [0.1, 0.15) is 0 Å². The fourth-order valence-electron chi connectivity index (χ4n) is 1.50. The molecule has 0 saturated heterocycles. The molecule has 0 aliphatic heterocycles. The van der Waals surface area contributed by atoms with Crippen LogP contribution in [0.15, 0.2) is 23.3 Å². The average molecular weight is 424 g/mol. The van der Waals surface area contributed by atoms with E-state index in [2.05, 4.69) is 26.9 Å². The van der Waals surface area contributed by atoms with Crippen LogP contribution in [0.2, 0.25) is 0 Å². The summed E-state index contributed by atoms with van der Waals surface area (Å²) in [5, 5.41) is 6.50. The summed E-state index contributed by atoms with van der Waals surface area (Å²) in [5.74, 6) is 2.52. The summed E-state index contributed by atoms with van der Waals surface area (Å²) in [6.45, 7) is 5.57. The van der Waals surface area contributed by atoms with E-state index in [0.29, 0.717) is 12.4 Å². The second-order valence-electron chi connectivity index (χ2n) is 4.52. The maximum atomic E-state index is 5.51. The van der Waals surface area contributed by atoms with Crippen LogP contribution in [0.3, 0.4) is 0 Å². The molecule has 0 fully saturated rings. The van der Waals surface area contributed by atoms with Crippen molar-refractivity contribution in [3.8, 4) is 5.88 Å². The van der Waals surface area contributed by atoms with E-state index in [0.717, 1.165) is 23.8 Å². The molecule has 0 saturated carbocycles. The van der Waals surface area contributed by atoms with E-state index in [1.807, 2.05) is 32.2 Å². The van der Waals surface area contributed by atoms with Crippen LogP contribution in [0, 0.1) is 0 Å². The zero-order valence-corrected chi connectivity index (χ0v) is 16.2. The van der Waals surface area contributed by atoms with Crippen LogP contribution in [-0.2, 0) is 6.54 Å². The Bertz CT molecular complexity index is 412. The van der Waals surface area contributed by atoms with Gasteiger partial charge < -0.3 is 15.4 Å². The number of ether oxygens (including phenoxy) is 1. The van der Waals surface area contributed by atoms with Gasteiger partial charge in [-0.2, -0.15) is 11.8 Å². The minimum absolute atomic E-state index is 0. The van der Waals surface area contributed by atoms with E-state index in [-0.39, 0.29) is 30.1 Å². The fraction of sp³-hybridized carbons (Fsp3) is 0.571. The molecule has 7 heteroatoms. The molecule has 120 valence electrons. The molecular formula is C14H25IN4OS. The Hall–Kier alpha value is -0.700. The third-order valence-corrected chi connectivity index (χ3v) is 3.05. The van der Waals surface area contributed by atoms with Gasteiger partial charge in [0.2, 0.25) is 5.88 Å². The highest BCUT2D eigenvalue weighted by atomic mass is 127. The van der Waals surface area contributed by atoms with Gasteiger partial charge in [-0.1, -0.05) is 6.07 Å². The van der Waals surface area contributed by atoms with Crippen LogP contribution in [-0.4, -0.2) is 42.6 Å². The summed E-state index contributed by atoms with van der Waals surface area (Å²) >= 11 is 1.81. The number of nitrogens with zero attached hydrogens (tertiary/aromatic N) is 2. The standard InChI is InChI=1S/C14H24N4OS.HI/c1-11(2)19-13-6-5-12(9-17-13)10-18-14(15-3)16-7-8-20-4;/h5-6,9,11H,7-8,10H2,1-4H3,(H2,15,16,18);1H. The zero-order chi connectivity index (χ0) is 14.8. The fourth-order valence-corrected chi connectivity index (χ4v) is 1.81. The van der Waals surface area contributed by atoms with Crippen LogP contribution in [0.25, 0.3) is 0 Å². The lowest BCUT2D eigenvalue weighted by molar-refractivity contribution is 0.232. The maximum absolute atomic E-state index is 5.51. The first kappa shape index (κ1) is 20.3. The number of hydrogen-bond acceptors (Lipinski definition) is 4. The van der Waals surface area contributed by atoms with Gasteiger partial charge in [0.25, 0.3) is 0 Å². The molecular weight excluding hydrogens is 399 g/mol. The third kappa shape index (κ3) is 9.02. The van der Waals surface area contributed by atoms with Crippen molar-refractivity contribution in [3.05, 3.63) is 23.9 Å². The van der Waals surface area contributed by atoms with Crippen LogP contribution in [0.5, 0.6) is 5.88 Å². The summed E-state index contributed by atoms with van der Waals surface area (Å²) in [4.78, 5) is 8.44. The quantitative estimate of drug-likeness (QED) is 0.305. The Morgan fingerprint density at radius 3 is 2.67 bits per heavy atom. The molecule has 0 amide bonds. The van der Waals surface area contributed by atoms with Gasteiger partial charge in [0, 0.05) is 38.2 Å². The van der Waals surface area contributed by atoms with E-state index in [1.165, 1.54) is 0 Å². The number of aromatic nitrogens is 1. The van der Waals surface area contributed by atoms with Crippen molar-refractivity contribution >= 4 is 41.7 Å². The van der Waals surface area contributed by atoms with Gasteiger partial charge in [-0.05, 0) is 25.7 Å². The molecule has 0 radical (unpaired) electrons. The number of hydrogen-bond donors (Lipinski definition) is 2. The average Bonchev–Trinajstić information content (AvgIpc) is 2.43. The highest BCUT2D eigenvalue weighted by molar-refractivity contribution is 14.0. The predicted octanol–water partition coefficient (Wildman–Crippen LogP) is 2.51. The van der Waals surface area contributed by atoms with Crippen molar-refractivity contribution in [2.24, 2.45) is 4.99 Å². The van der Waals surface area contributed by atoms with Crippen LogP contribution >= 0.6 is 35.7 Å². The molecule has 0 unspecified atom stereocenters. The van der Waals surface area contributed by atoms with E-state index < -0.39 is 0 Å². The Balaban J connectivity index is 0.00000400. The van der Waals surface area contributed by atoms with Gasteiger partial charge in [0.05, 0.1) is 6.10 Å². The number of guanidine groups is 1. The molecule has 1 aromatic rings. The number of pyridine rings is 1. The molecule has 2 N–H and O–H groups in total. The lowest BCUT2D eigenvalue weighted by atomic mass is 10.3. The molecule has 0 aliphatic rings. The SMILES string of the molecule is CN=C(NCCSC)NCc1ccc(OC(C)C)nc1.I. The molecule has 5 nitrogen and oxygen atoms in total. The summed E-state index contributed by atoms with van der Waals surface area (Å²) in [6, 6.07) is 3.90. The smallest absolute Gasteiger partial charge is 0.213 e. The van der Waals surface area contributed by atoms with E-state index >= 15 is 0 Å². The Morgan fingerprint density at radius 2 is 2.14 bits per heavy atom. The van der Waals surface area contributed by atoms with E-state index in [1.54, 1.807) is 18.8 Å². The normalized spacial score (nSPS) is 11.0. The molecule has 21 heavy (non-hydrogen) atoms. The molecule has 0 bridgehead atoms. The highest BCUT2D eigenvalue weighted by Gasteiger charge is 2.01. The highest BCUT2D eigenvalue weighted by Crippen LogP contribution is 2.09. The number of rotatable bonds is 7. The number of aliphatic imine (C=N–C) groups is 1. The zero-order valence-electron chi connectivity index (χ0n) is 13.0. The van der Waals surface area contributed by atoms with Crippen molar-refractivity contribution in [1.29, 1.82) is 0 Å². The number of nitrogens with one attached hydrogen (secondary N) is 2. The Morgan fingerprint density at radius 1 is 1.38 bits per heavy atom. The monoisotopic (exact) mass is 424 g/mol. The van der Waals surface area contributed by atoms with Gasteiger partial charge in [-0.3, -0.25) is 4.99 Å². The van der Waals surface area contributed by atoms with Crippen molar-refractivity contribution < 1.29 is 4.74 Å². The molecule has 0 aliphatic carbocycles. The second kappa shape index (κ2) is 11.9. The summed E-state index contributed by atoms with van der Waals surface area (Å²) in [6.07, 6.45) is 4.05. The van der Waals surface area contributed by atoms with Crippen molar-refractivity contribution in [2.45, 2.75) is 26.5 Å². The number of halogens is 1. The first-order valence-electron chi connectivity index (χ1n) is 6.70. The lowest BCUT2D eigenvalue weighted by Gasteiger charge is -2.12. The molecule has 1 heterocycles. The van der Waals surface area contributed by atoms with Crippen LogP contribution in [0.4, 0.5) is 0 Å². The van der Waals surface area contributed by atoms with E-state index in [4.69, 9.17) is 4.74 Å². The minimum atomic E-state index is 0. The van der Waals surface area contributed by atoms with Gasteiger partial charge >= 0.3 is 0 Å². The van der Waals surface area contributed by atoms with Crippen molar-refractivity contribution in [2.75, 3.05) is 25.6 Å². The summed E-state index contributed by atoms with van der Waals surface area (Å²) in [5.41, 5.74) is 1.09. The molecule has 0 aromatic carbocycles. The molecule has 0 spiro atoms. The maximum Gasteiger partial charge on any atom is 0.213 e. The molecule has 0 atom stereocenters. The van der Waals surface area contributed by atoms with Gasteiger partial charge in [0.15, 0.2) is 5.96 Å². The first-order chi connectivity index (χ1) is 9.65. The lowest BCUT2D eigenvalue weighted by Crippen LogP contribution is -2.37. The minimum Gasteiger partial charge on any atom is -0.475 e.